The maximum atomic E-state index is 12.3. The molecule has 1 aliphatic rings. The highest BCUT2D eigenvalue weighted by Crippen LogP contribution is 2.26. The molecule has 0 bridgehead atoms. The predicted octanol–water partition coefficient (Wildman–Crippen LogP) is 2.96. The summed E-state index contributed by atoms with van der Waals surface area (Å²) in [5, 5.41) is 8.86. The highest BCUT2D eigenvalue weighted by atomic mass is 32.1. The van der Waals surface area contributed by atoms with Gasteiger partial charge in [0.1, 0.15) is 6.54 Å². The largest absolute Gasteiger partial charge is 0.322 e. The lowest BCUT2D eigenvalue weighted by Gasteiger charge is -2.25. The minimum atomic E-state index is 0.0246. The molecule has 1 aliphatic carbocycles. The summed E-state index contributed by atoms with van der Waals surface area (Å²) >= 11 is 1.51. The van der Waals surface area contributed by atoms with Gasteiger partial charge in [-0.2, -0.15) is 5.26 Å². The maximum absolute atomic E-state index is 12.3. The Morgan fingerprint density at radius 3 is 2.76 bits per heavy atom. The molecule has 0 spiro atoms. The third-order valence-electron chi connectivity index (χ3n) is 3.22. The van der Waals surface area contributed by atoms with Crippen molar-refractivity contribution in [3.63, 3.8) is 0 Å². The normalized spacial score (nSPS) is 15.8. The van der Waals surface area contributed by atoms with Gasteiger partial charge in [0.2, 0.25) is 0 Å². The van der Waals surface area contributed by atoms with E-state index in [0.717, 1.165) is 22.6 Å². The zero-order valence-electron chi connectivity index (χ0n) is 9.98. The molecule has 90 valence electrons. The summed E-state index contributed by atoms with van der Waals surface area (Å²) in [5.74, 6) is 0.0246. The van der Waals surface area contributed by atoms with Crippen molar-refractivity contribution in [2.24, 2.45) is 0 Å². The van der Waals surface area contributed by atoms with Crippen molar-refractivity contribution in [1.82, 2.24) is 4.90 Å². The molecule has 1 aromatic rings. The molecular weight excluding hydrogens is 232 g/mol. The van der Waals surface area contributed by atoms with E-state index in [2.05, 4.69) is 6.07 Å². The van der Waals surface area contributed by atoms with Gasteiger partial charge in [0.15, 0.2) is 0 Å². The Morgan fingerprint density at radius 2 is 2.24 bits per heavy atom. The maximum Gasteiger partial charge on any atom is 0.265 e. The summed E-state index contributed by atoms with van der Waals surface area (Å²) in [6.07, 6.45) is 4.42. The molecule has 0 radical (unpaired) electrons. The van der Waals surface area contributed by atoms with Gasteiger partial charge in [-0.05, 0) is 31.9 Å². The van der Waals surface area contributed by atoms with Crippen LogP contribution in [-0.2, 0) is 0 Å². The molecule has 3 nitrogen and oxygen atoms in total. The standard InChI is InChI=1S/C13H16N2OS/c1-10-6-7-12(17-10)13(16)15(9-8-14)11-4-2-3-5-11/h6-7,11H,2-5,9H2,1H3. The first-order valence-electron chi connectivity index (χ1n) is 5.96. The second kappa shape index (κ2) is 5.33. The molecule has 1 amide bonds. The smallest absolute Gasteiger partial charge is 0.265 e. The van der Waals surface area contributed by atoms with E-state index < -0.39 is 0 Å². The molecule has 1 heterocycles. The fourth-order valence-corrected chi connectivity index (χ4v) is 3.17. The van der Waals surface area contributed by atoms with E-state index in [9.17, 15) is 4.79 Å². The van der Waals surface area contributed by atoms with Gasteiger partial charge in [-0.25, -0.2) is 0 Å². The molecule has 1 fully saturated rings. The molecule has 0 atom stereocenters. The van der Waals surface area contributed by atoms with Gasteiger partial charge in [0.25, 0.3) is 5.91 Å². The van der Waals surface area contributed by atoms with Crippen LogP contribution in [0.15, 0.2) is 12.1 Å². The van der Waals surface area contributed by atoms with E-state index in [1.807, 2.05) is 19.1 Å². The number of carbonyl (C=O) groups is 1. The van der Waals surface area contributed by atoms with E-state index in [0.29, 0.717) is 0 Å². The average Bonchev–Trinajstić information content (AvgIpc) is 2.95. The molecule has 1 aromatic heterocycles. The lowest BCUT2D eigenvalue weighted by Crippen LogP contribution is -2.38. The van der Waals surface area contributed by atoms with Crippen LogP contribution in [-0.4, -0.2) is 23.4 Å². The van der Waals surface area contributed by atoms with Crippen LogP contribution >= 0.6 is 11.3 Å². The molecule has 0 aromatic carbocycles. The van der Waals surface area contributed by atoms with Crippen molar-refractivity contribution in [1.29, 1.82) is 5.26 Å². The summed E-state index contributed by atoms with van der Waals surface area (Å²) in [6.45, 7) is 2.20. The van der Waals surface area contributed by atoms with Crippen molar-refractivity contribution < 1.29 is 4.79 Å². The highest BCUT2D eigenvalue weighted by molar-refractivity contribution is 7.13. The molecular formula is C13H16N2OS. The Kier molecular flexibility index (Phi) is 3.80. The van der Waals surface area contributed by atoms with Crippen LogP contribution in [0.1, 0.15) is 40.2 Å². The summed E-state index contributed by atoms with van der Waals surface area (Å²) in [4.78, 5) is 16.0. The number of nitriles is 1. The minimum absolute atomic E-state index is 0.0246. The van der Waals surface area contributed by atoms with Gasteiger partial charge in [0, 0.05) is 10.9 Å². The van der Waals surface area contributed by atoms with Crippen LogP contribution in [0.3, 0.4) is 0 Å². The Morgan fingerprint density at radius 1 is 1.53 bits per heavy atom. The van der Waals surface area contributed by atoms with E-state index in [-0.39, 0.29) is 18.5 Å². The fourth-order valence-electron chi connectivity index (χ4n) is 2.35. The Balaban J connectivity index is 2.15. The predicted molar refractivity (Wildman–Crippen MR) is 68.0 cm³/mol. The SMILES string of the molecule is Cc1ccc(C(=O)N(CC#N)C2CCCC2)s1. The van der Waals surface area contributed by atoms with Crippen molar-refractivity contribution in [2.45, 2.75) is 38.6 Å². The molecule has 2 rings (SSSR count). The number of amides is 1. The van der Waals surface area contributed by atoms with Crippen molar-refractivity contribution in [3.05, 3.63) is 21.9 Å². The third-order valence-corrected chi connectivity index (χ3v) is 4.21. The molecule has 1 saturated carbocycles. The number of aryl methyl sites for hydroxylation is 1. The van der Waals surface area contributed by atoms with Gasteiger partial charge in [-0.3, -0.25) is 4.79 Å². The van der Waals surface area contributed by atoms with Crippen LogP contribution in [0, 0.1) is 18.3 Å². The van der Waals surface area contributed by atoms with Gasteiger partial charge in [-0.1, -0.05) is 12.8 Å². The lowest BCUT2D eigenvalue weighted by atomic mass is 10.2. The lowest BCUT2D eigenvalue weighted by molar-refractivity contribution is 0.0714. The van der Waals surface area contributed by atoms with Gasteiger partial charge in [-0.15, -0.1) is 11.3 Å². The quantitative estimate of drug-likeness (QED) is 0.772. The van der Waals surface area contributed by atoms with E-state index in [4.69, 9.17) is 5.26 Å². The van der Waals surface area contributed by atoms with E-state index >= 15 is 0 Å². The molecule has 17 heavy (non-hydrogen) atoms. The monoisotopic (exact) mass is 248 g/mol. The highest BCUT2D eigenvalue weighted by Gasteiger charge is 2.27. The van der Waals surface area contributed by atoms with Crippen LogP contribution in [0.25, 0.3) is 0 Å². The number of nitrogens with zero attached hydrogens (tertiary/aromatic N) is 2. The first kappa shape index (κ1) is 12.1. The first-order chi connectivity index (χ1) is 8.22. The minimum Gasteiger partial charge on any atom is -0.322 e. The second-order valence-corrected chi connectivity index (χ2v) is 5.73. The van der Waals surface area contributed by atoms with Crippen molar-refractivity contribution in [2.75, 3.05) is 6.54 Å². The molecule has 4 heteroatoms. The van der Waals surface area contributed by atoms with Crippen molar-refractivity contribution in [3.8, 4) is 6.07 Å². The van der Waals surface area contributed by atoms with E-state index in [1.165, 1.54) is 24.2 Å². The van der Waals surface area contributed by atoms with Gasteiger partial charge in [0.05, 0.1) is 10.9 Å². The molecule has 0 saturated heterocycles. The van der Waals surface area contributed by atoms with Gasteiger partial charge >= 0.3 is 0 Å². The van der Waals surface area contributed by atoms with Crippen LogP contribution in [0.2, 0.25) is 0 Å². The number of carbonyl (C=O) groups excluding carboxylic acids is 1. The number of thiophene rings is 1. The van der Waals surface area contributed by atoms with Crippen LogP contribution in [0.5, 0.6) is 0 Å². The summed E-state index contributed by atoms with van der Waals surface area (Å²) < 4.78 is 0. The number of hydrogen-bond acceptors (Lipinski definition) is 3. The number of hydrogen-bond donors (Lipinski definition) is 0. The Hall–Kier alpha value is -1.34. The molecule has 0 aliphatic heterocycles. The van der Waals surface area contributed by atoms with Gasteiger partial charge < -0.3 is 4.90 Å². The molecule has 0 N–H and O–H groups in total. The Bertz CT molecular complexity index is 441. The second-order valence-electron chi connectivity index (χ2n) is 4.44. The van der Waals surface area contributed by atoms with Crippen LogP contribution in [0.4, 0.5) is 0 Å². The summed E-state index contributed by atoms with van der Waals surface area (Å²) in [6, 6.07) is 6.20. The summed E-state index contributed by atoms with van der Waals surface area (Å²) in [5.41, 5.74) is 0. The van der Waals surface area contributed by atoms with E-state index in [1.54, 1.807) is 4.90 Å². The third kappa shape index (κ3) is 2.67. The Labute approximate surface area is 106 Å². The van der Waals surface area contributed by atoms with Crippen LogP contribution < -0.4 is 0 Å². The van der Waals surface area contributed by atoms with Crippen molar-refractivity contribution >= 4 is 17.2 Å². The average molecular weight is 248 g/mol. The summed E-state index contributed by atoms with van der Waals surface area (Å²) in [7, 11) is 0. The first-order valence-corrected chi connectivity index (χ1v) is 6.78. The fraction of sp³-hybridized carbons (Fsp3) is 0.538. The zero-order valence-corrected chi connectivity index (χ0v) is 10.8. The zero-order chi connectivity index (χ0) is 12.3. The number of rotatable bonds is 3. The topological polar surface area (TPSA) is 44.1 Å². The molecule has 0 unspecified atom stereocenters.